The summed E-state index contributed by atoms with van der Waals surface area (Å²) in [6, 6.07) is 3.32. The Bertz CT molecular complexity index is 374. The van der Waals surface area contributed by atoms with E-state index in [0.29, 0.717) is 12.0 Å². The summed E-state index contributed by atoms with van der Waals surface area (Å²) in [5.74, 6) is 0.0591. The molecule has 1 heterocycles. The summed E-state index contributed by atoms with van der Waals surface area (Å²) < 4.78 is 6.15. The van der Waals surface area contributed by atoms with Crippen LogP contribution in [0.1, 0.15) is 11.7 Å². The van der Waals surface area contributed by atoms with Crippen molar-refractivity contribution in [2.75, 3.05) is 6.54 Å². The molecule has 0 bridgehead atoms. The molecule has 1 aliphatic rings. The molecule has 4 N–H and O–H groups in total. The Hall–Kier alpha value is -0.305. The predicted octanol–water partition coefficient (Wildman–Crippen LogP) is -0.286. The van der Waals surface area contributed by atoms with Crippen LogP contribution in [0.3, 0.4) is 0 Å². The standard InChI is InChI=1S/C8H9BINO3/c10-4-1-2-5(12)8-7(4)6(3-11)14-9(8)13/h1-2,6,12-13H,3,11H2/t6-/m1/s1. The van der Waals surface area contributed by atoms with Crippen LogP contribution >= 0.6 is 22.6 Å². The minimum atomic E-state index is -1.06. The van der Waals surface area contributed by atoms with Gasteiger partial charge in [0.15, 0.2) is 0 Å². The molecule has 0 fully saturated rings. The Morgan fingerprint density at radius 1 is 1.57 bits per heavy atom. The smallest absolute Gasteiger partial charge is 0.495 e. The molecular formula is C8H9BINO3. The molecule has 0 aromatic heterocycles. The van der Waals surface area contributed by atoms with Crippen LogP contribution in [0, 0.1) is 3.57 Å². The van der Waals surface area contributed by atoms with E-state index in [9.17, 15) is 10.1 Å². The molecule has 0 amide bonds. The Kier molecular flexibility index (Phi) is 2.69. The predicted molar refractivity (Wildman–Crippen MR) is 61.3 cm³/mol. The van der Waals surface area contributed by atoms with Crippen molar-refractivity contribution >= 4 is 35.2 Å². The van der Waals surface area contributed by atoms with Crippen LogP contribution in [0.5, 0.6) is 5.75 Å². The summed E-state index contributed by atoms with van der Waals surface area (Å²) in [6.45, 7) is 0.295. The van der Waals surface area contributed by atoms with E-state index in [0.717, 1.165) is 9.13 Å². The minimum absolute atomic E-state index is 0.0591. The molecule has 4 nitrogen and oxygen atoms in total. The molecule has 14 heavy (non-hydrogen) atoms. The Balaban J connectivity index is 2.60. The molecule has 1 atom stereocenters. The van der Waals surface area contributed by atoms with Crippen molar-refractivity contribution in [3.8, 4) is 5.75 Å². The van der Waals surface area contributed by atoms with Gasteiger partial charge in [0.1, 0.15) is 5.75 Å². The van der Waals surface area contributed by atoms with Gasteiger partial charge in [0, 0.05) is 15.6 Å². The van der Waals surface area contributed by atoms with E-state index in [1.54, 1.807) is 12.1 Å². The number of aromatic hydroxyl groups is 1. The fourth-order valence-corrected chi connectivity index (χ4v) is 2.47. The number of halogens is 1. The monoisotopic (exact) mass is 305 g/mol. The Morgan fingerprint density at radius 3 is 2.93 bits per heavy atom. The summed E-state index contributed by atoms with van der Waals surface area (Å²) in [5, 5.41) is 19.1. The van der Waals surface area contributed by atoms with Crippen molar-refractivity contribution in [3.05, 3.63) is 21.3 Å². The van der Waals surface area contributed by atoms with Crippen molar-refractivity contribution in [2.24, 2.45) is 5.73 Å². The van der Waals surface area contributed by atoms with E-state index in [1.807, 2.05) is 0 Å². The van der Waals surface area contributed by atoms with Gasteiger partial charge in [-0.05, 0) is 40.3 Å². The maximum atomic E-state index is 9.56. The zero-order valence-corrected chi connectivity index (χ0v) is 9.43. The quantitative estimate of drug-likeness (QED) is 0.492. The fraction of sp³-hybridized carbons (Fsp3) is 0.250. The van der Waals surface area contributed by atoms with Crippen molar-refractivity contribution in [1.29, 1.82) is 0 Å². The molecule has 1 aromatic rings. The van der Waals surface area contributed by atoms with Crippen LogP contribution in [-0.2, 0) is 4.65 Å². The summed E-state index contributed by atoms with van der Waals surface area (Å²) in [7, 11) is -1.06. The van der Waals surface area contributed by atoms with Gasteiger partial charge in [-0.3, -0.25) is 0 Å². The summed E-state index contributed by atoms with van der Waals surface area (Å²) >= 11 is 2.13. The van der Waals surface area contributed by atoms with E-state index in [1.165, 1.54) is 0 Å². The van der Waals surface area contributed by atoms with Crippen LogP contribution in [0.15, 0.2) is 12.1 Å². The molecular weight excluding hydrogens is 296 g/mol. The van der Waals surface area contributed by atoms with Gasteiger partial charge in [-0.15, -0.1) is 0 Å². The van der Waals surface area contributed by atoms with E-state index >= 15 is 0 Å². The lowest BCUT2D eigenvalue weighted by molar-refractivity contribution is 0.197. The Labute approximate surface area is 95.4 Å². The number of phenols is 1. The van der Waals surface area contributed by atoms with Crippen LogP contribution < -0.4 is 11.2 Å². The van der Waals surface area contributed by atoms with E-state index in [2.05, 4.69) is 22.6 Å². The number of hydrogen-bond acceptors (Lipinski definition) is 4. The highest BCUT2D eigenvalue weighted by atomic mass is 127. The van der Waals surface area contributed by atoms with Gasteiger partial charge >= 0.3 is 7.12 Å². The van der Waals surface area contributed by atoms with Crippen molar-refractivity contribution in [2.45, 2.75) is 6.10 Å². The summed E-state index contributed by atoms with van der Waals surface area (Å²) in [4.78, 5) is 0. The summed E-state index contributed by atoms with van der Waals surface area (Å²) in [5.41, 5.74) is 6.77. The fourth-order valence-electron chi connectivity index (χ4n) is 1.65. The zero-order valence-electron chi connectivity index (χ0n) is 7.27. The number of hydrogen-bond donors (Lipinski definition) is 3. The molecule has 1 aliphatic heterocycles. The number of phenolic OH excluding ortho intramolecular Hbond substituents is 1. The zero-order chi connectivity index (χ0) is 10.3. The van der Waals surface area contributed by atoms with E-state index in [4.69, 9.17) is 10.4 Å². The highest BCUT2D eigenvalue weighted by Gasteiger charge is 2.38. The van der Waals surface area contributed by atoms with Gasteiger partial charge in [-0.1, -0.05) is 0 Å². The number of benzene rings is 1. The first-order chi connectivity index (χ1) is 6.65. The van der Waals surface area contributed by atoms with Crippen LogP contribution in [0.2, 0.25) is 0 Å². The molecule has 0 spiro atoms. The lowest BCUT2D eigenvalue weighted by atomic mass is 9.78. The topological polar surface area (TPSA) is 75.7 Å². The number of nitrogens with two attached hydrogens (primary N) is 1. The van der Waals surface area contributed by atoms with Gasteiger partial charge in [0.05, 0.1) is 6.10 Å². The average molecular weight is 305 g/mol. The van der Waals surface area contributed by atoms with Crippen molar-refractivity contribution < 1.29 is 14.8 Å². The Morgan fingerprint density at radius 2 is 2.29 bits per heavy atom. The summed E-state index contributed by atoms with van der Waals surface area (Å²) in [6.07, 6.45) is -0.320. The molecule has 0 saturated heterocycles. The second-order valence-corrected chi connectivity index (χ2v) is 4.27. The largest absolute Gasteiger partial charge is 0.508 e. The first-order valence-electron chi connectivity index (χ1n) is 4.20. The van der Waals surface area contributed by atoms with Crippen LogP contribution in [0.25, 0.3) is 0 Å². The minimum Gasteiger partial charge on any atom is -0.508 e. The number of fused-ring (bicyclic) bond motifs is 1. The highest BCUT2D eigenvalue weighted by molar-refractivity contribution is 14.1. The third-order valence-corrected chi connectivity index (χ3v) is 3.23. The van der Waals surface area contributed by atoms with Crippen LogP contribution in [-0.4, -0.2) is 23.8 Å². The van der Waals surface area contributed by atoms with E-state index in [-0.39, 0.29) is 11.9 Å². The third-order valence-electron chi connectivity index (χ3n) is 2.29. The molecule has 0 unspecified atom stereocenters. The van der Waals surface area contributed by atoms with Gasteiger partial charge in [0.2, 0.25) is 0 Å². The molecule has 0 aliphatic carbocycles. The maximum absolute atomic E-state index is 9.56. The highest BCUT2D eigenvalue weighted by Crippen LogP contribution is 2.30. The third kappa shape index (κ3) is 1.42. The first kappa shape index (κ1) is 10.2. The van der Waals surface area contributed by atoms with Gasteiger partial charge in [-0.25, -0.2) is 0 Å². The molecule has 0 radical (unpaired) electrons. The second-order valence-electron chi connectivity index (χ2n) is 3.11. The van der Waals surface area contributed by atoms with Gasteiger partial charge in [-0.2, -0.15) is 0 Å². The number of rotatable bonds is 1. The van der Waals surface area contributed by atoms with Crippen LogP contribution in [0.4, 0.5) is 0 Å². The second kappa shape index (κ2) is 3.69. The molecule has 2 rings (SSSR count). The maximum Gasteiger partial charge on any atom is 0.495 e. The average Bonchev–Trinajstić information content (AvgIpc) is 2.50. The molecule has 6 heteroatoms. The lowest BCUT2D eigenvalue weighted by Crippen LogP contribution is -2.28. The SMILES string of the molecule is NC[C@H]1OB(O)c2c(O)ccc(I)c21. The lowest BCUT2D eigenvalue weighted by Gasteiger charge is -2.10. The molecule has 1 aromatic carbocycles. The van der Waals surface area contributed by atoms with Gasteiger partial charge < -0.3 is 20.5 Å². The molecule has 74 valence electrons. The van der Waals surface area contributed by atoms with Gasteiger partial charge in [0.25, 0.3) is 0 Å². The van der Waals surface area contributed by atoms with Crippen molar-refractivity contribution in [3.63, 3.8) is 0 Å². The molecule has 0 saturated carbocycles. The first-order valence-corrected chi connectivity index (χ1v) is 5.28. The van der Waals surface area contributed by atoms with E-state index < -0.39 is 7.12 Å². The van der Waals surface area contributed by atoms with Crippen molar-refractivity contribution in [1.82, 2.24) is 0 Å². The normalized spacial score (nSPS) is 19.9.